The highest BCUT2D eigenvalue weighted by Gasteiger charge is 2.23. The lowest BCUT2D eigenvalue weighted by Gasteiger charge is -2.15. The molecule has 0 spiro atoms. The number of hydrogen-bond donors (Lipinski definition) is 4. The second-order valence-electron chi connectivity index (χ2n) is 10.4. The maximum Gasteiger partial charge on any atom is 0.409 e. The second-order valence-corrected chi connectivity index (χ2v) is 10.4. The Morgan fingerprint density at radius 1 is 1.03 bits per heavy atom. The average Bonchev–Trinajstić information content (AvgIpc) is 3.59. The van der Waals surface area contributed by atoms with Gasteiger partial charge in [0.1, 0.15) is 0 Å². The summed E-state index contributed by atoms with van der Waals surface area (Å²) in [6.45, 7) is 3.17. The zero-order valence-corrected chi connectivity index (χ0v) is 21.6. The fraction of sp³-hybridized carbons (Fsp3) is 0.258. The molecule has 3 aliphatic rings. The van der Waals surface area contributed by atoms with Crippen molar-refractivity contribution in [2.45, 2.75) is 38.1 Å². The minimum atomic E-state index is -1.19. The second kappa shape index (κ2) is 10.7. The molecule has 1 saturated carbocycles. The highest BCUT2D eigenvalue weighted by Crippen LogP contribution is 2.39. The first-order valence-corrected chi connectivity index (χ1v) is 13.4. The van der Waals surface area contributed by atoms with Crippen LogP contribution in [0.3, 0.4) is 0 Å². The molecule has 2 fully saturated rings. The van der Waals surface area contributed by atoms with Crippen LogP contribution in [0.1, 0.15) is 58.6 Å². The number of carbonyl (C=O) groups excluding carboxylic acids is 1. The number of aromatic amines is 1. The number of anilines is 1. The van der Waals surface area contributed by atoms with Gasteiger partial charge in [0, 0.05) is 28.7 Å². The number of likely N-dealkylation sites (tertiary alicyclic amines) is 1. The molecule has 2 amide bonds. The molecule has 4 N–H and O–H groups in total. The van der Waals surface area contributed by atoms with Gasteiger partial charge in [0.25, 0.3) is 5.91 Å². The van der Waals surface area contributed by atoms with Gasteiger partial charge in [-0.25, -0.2) is 10.2 Å². The molecule has 8 heteroatoms. The third-order valence-corrected chi connectivity index (χ3v) is 7.46. The normalized spacial score (nSPS) is 16.4. The van der Waals surface area contributed by atoms with E-state index in [-0.39, 0.29) is 5.91 Å². The smallest absolute Gasteiger partial charge is 0.409 e. The number of nitrogens with one attached hydrogen (secondary N) is 3. The van der Waals surface area contributed by atoms with Crippen LogP contribution >= 0.6 is 0 Å². The van der Waals surface area contributed by atoms with Crippen LogP contribution in [0.15, 0.2) is 71.8 Å². The van der Waals surface area contributed by atoms with E-state index in [1.165, 1.54) is 42.9 Å². The van der Waals surface area contributed by atoms with Gasteiger partial charge >= 0.3 is 6.09 Å². The number of amides is 2. The van der Waals surface area contributed by atoms with Crippen LogP contribution in [0.4, 0.5) is 10.5 Å². The van der Waals surface area contributed by atoms with Crippen molar-refractivity contribution in [2.24, 2.45) is 5.10 Å². The Bertz CT molecular complexity index is 1550. The fourth-order valence-electron chi connectivity index (χ4n) is 5.47. The van der Waals surface area contributed by atoms with Gasteiger partial charge in [-0.3, -0.25) is 15.0 Å². The van der Waals surface area contributed by atoms with Crippen molar-refractivity contribution in [3.8, 4) is 11.3 Å². The lowest BCUT2D eigenvalue weighted by molar-refractivity contribution is 0.0957. The number of hydrogen-bond acceptors (Lipinski definition) is 4. The van der Waals surface area contributed by atoms with Crippen molar-refractivity contribution in [2.75, 3.05) is 18.4 Å². The molecular formula is C31H31N5O3. The van der Waals surface area contributed by atoms with E-state index in [4.69, 9.17) is 5.11 Å². The molecule has 1 aliphatic carbocycles. The van der Waals surface area contributed by atoms with Crippen molar-refractivity contribution in [3.63, 3.8) is 0 Å². The molecular weight excluding hydrogens is 490 g/mol. The topological polar surface area (TPSA) is 110 Å². The summed E-state index contributed by atoms with van der Waals surface area (Å²) in [6, 6.07) is 22.3. The van der Waals surface area contributed by atoms with Gasteiger partial charge in [-0.1, -0.05) is 48.5 Å². The number of carbonyl (C=O) groups is 2. The SMILES string of the molecule is O=C(O)Nc1cc2c3c(c(-c4cccc(CN5CCCC5)c4)[nH]c3c1)C=NNC2=O.c1ccc(C2CC2)cc1. The van der Waals surface area contributed by atoms with Crippen LogP contribution in [-0.2, 0) is 6.54 Å². The van der Waals surface area contributed by atoms with E-state index in [1.807, 2.05) is 12.1 Å². The van der Waals surface area contributed by atoms with Crippen LogP contribution in [0, 0.1) is 0 Å². The van der Waals surface area contributed by atoms with Crippen molar-refractivity contribution in [3.05, 3.63) is 89.0 Å². The number of benzene rings is 3. The number of nitrogens with zero attached hydrogens (tertiary/aromatic N) is 2. The van der Waals surface area contributed by atoms with E-state index in [2.05, 4.69) is 68.2 Å². The molecule has 7 rings (SSSR count). The summed E-state index contributed by atoms with van der Waals surface area (Å²) in [5.74, 6) is 0.531. The number of aromatic nitrogens is 1. The molecule has 3 aromatic carbocycles. The van der Waals surface area contributed by atoms with Crippen LogP contribution < -0.4 is 10.7 Å². The quantitative estimate of drug-likeness (QED) is 0.252. The van der Waals surface area contributed by atoms with Crippen molar-refractivity contribution >= 4 is 34.8 Å². The van der Waals surface area contributed by atoms with E-state index in [0.717, 1.165) is 47.8 Å². The summed E-state index contributed by atoms with van der Waals surface area (Å²) in [7, 11) is 0. The molecule has 8 nitrogen and oxygen atoms in total. The lowest BCUT2D eigenvalue weighted by Crippen LogP contribution is -2.18. The summed E-state index contributed by atoms with van der Waals surface area (Å²) >= 11 is 0. The number of hydrazone groups is 1. The number of H-pyrrole nitrogens is 1. The van der Waals surface area contributed by atoms with Crippen LogP contribution in [-0.4, -0.2) is 46.3 Å². The Hall–Kier alpha value is -4.43. The van der Waals surface area contributed by atoms with E-state index in [1.54, 1.807) is 12.3 Å². The van der Waals surface area contributed by atoms with Gasteiger partial charge < -0.3 is 10.1 Å². The van der Waals surface area contributed by atoms with E-state index < -0.39 is 6.09 Å². The molecule has 0 radical (unpaired) electrons. The minimum absolute atomic E-state index is 0.323. The zero-order chi connectivity index (χ0) is 26.8. The summed E-state index contributed by atoms with van der Waals surface area (Å²) < 4.78 is 0. The lowest BCUT2D eigenvalue weighted by atomic mass is 10.0. The molecule has 0 atom stereocenters. The van der Waals surface area contributed by atoms with Gasteiger partial charge in [-0.2, -0.15) is 5.10 Å². The van der Waals surface area contributed by atoms with Gasteiger partial charge in [-0.05, 0) is 79.6 Å². The van der Waals surface area contributed by atoms with Crippen LogP contribution in [0.5, 0.6) is 0 Å². The Morgan fingerprint density at radius 2 is 1.82 bits per heavy atom. The molecule has 39 heavy (non-hydrogen) atoms. The van der Waals surface area contributed by atoms with E-state index >= 15 is 0 Å². The largest absolute Gasteiger partial charge is 0.465 e. The Balaban J connectivity index is 0.000000258. The number of carboxylic acid groups (broad SMARTS) is 1. The molecule has 0 unspecified atom stereocenters. The summed E-state index contributed by atoms with van der Waals surface area (Å²) in [4.78, 5) is 29.4. The highest BCUT2D eigenvalue weighted by molar-refractivity contribution is 6.18. The van der Waals surface area contributed by atoms with Crippen molar-refractivity contribution in [1.29, 1.82) is 0 Å². The third kappa shape index (κ3) is 5.56. The summed E-state index contributed by atoms with van der Waals surface area (Å²) in [5.41, 5.74) is 9.27. The summed E-state index contributed by atoms with van der Waals surface area (Å²) in [6.07, 6.45) is 5.76. The molecule has 3 heterocycles. The molecule has 2 aliphatic heterocycles. The molecule has 1 saturated heterocycles. The molecule has 4 aromatic rings. The van der Waals surface area contributed by atoms with Gasteiger partial charge in [0.2, 0.25) is 0 Å². The molecule has 0 bridgehead atoms. The van der Waals surface area contributed by atoms with Crippen LogP contribution in [0.25, 0.3) is 22.2 Å². The fourth-order valence-corrected chi connectivity index (χ4v) is 5.47. The Kier molecular flexibility index (Phi) is 6.85. The summed E-state index contributed by atoms with van der Waals surface area (Å²) in [5, 5.41) is 16.2. The van der Waals surface area contributed by atoms with E-state index in [9.17, 15) is 9.59 Å². The van der Waals surface area contributed by atoms with Gasteiger partial charge in [-0.15, -0.1) is 0 Å². The number of rotatable bonds is 5. The van der Waals surface area contributed by atoms with E-state index in [0.29, 0.717) is 16.8 Å². The van der Waals surface area contributed by atoms with Crippen molar-refractivity contribution in [1.82, 2.24) is 15.3 Å². The molecule has 198 valence electrons. The minimum Gasteiger partial charge on any atom is -0.465 e. The first kappa shape index (κ1) is 24.9. The van der Waals surface area contributed by atoms with Gasteiger partial charge in [0.05, 0.1) is 17.5 Å². The maximum absolute atomic E-state index is 12.5. The monoisotopic (exact) mass is 521 g/mol. The third-order valence-electron chi connectivity index (χ3n) is 7.46. The Morgan fingerprint density at radius 3 is 2.56 bits per heavy atom. The predicted molar refractivity (Wildman–Crippen MR) is 153 cm³/mol. The van der Waals surface area contributed by atoms with Crippen molar-refractivity contribution < 1.29 is 14.7 Å². The first-order valence-electron chi connectivity index (χ1n) is 13.4. The average molecular weight is 522 g/mol. The Labute approximate surface area is 226 Å². The zero-order valence-electron chi connectivity index (χ0n) is 21.6. The maximum atomic E-state index is 12.5. The van der Waals surface area contributed by atoms with Crippen LogP contribution in [0.2, 0.25) is 0 Å². The van der Waals surface area contributed by atoms with Gasteiger partial charge in [0.15, 0.2) is 0 Å². The predicted octanol–water partition coefficient (Wildman–Crippen LogP) is 6.16. The first-order chi connectivity index (χ1) is 19.0. The highest BCUT2D eigenvalue weighted by atomic mass is 16.4. The standard InChI is InChI=1S/C22H21N5O3.C9H10/c28-21-16-9-15(24-22(29)30)10-18-19(16)17(11-23-26-21)20(25-18)14-5-3-4-13(8-14)12-27-6-1-2-7-27;1-2-4-8(5-3-1)9-6-7-9/h3-5,8-11,24-25H,1-2,6-7,12H2,(H,26,28)(H,29,30);1-5,9H,6-7H2. The molecule has 1 aromatic heterocycles.